The van der Waals surface area contributed by atoms with Crippen LogP contribution in [0.4, 0.5) is 0 Å². The summed E-state index contributed by atoms with van der Waals surface area (Å²) in [5.41, 5.74) is 4.88. The molecule has 5 aromatic rings. The molecule has 2 heterocycles. The molecule has 2 nitrogen and oxygen atoms in total. The van der Waals surface area contributed by atoms with Gasteiger partial charge in [0.1, 0.15) is 0 Å². The molecule has 1 atom stereocenters. The second-order valence-electron chi connectivity index (χ2n) is 7.76. The first kappa shape index (κ1) is 21.7. The van der Waals surface area contributed by atoms with Crippen molar-refractivity contribution in [3.05, 3.63) is 138 Å². The van der Waals surface area contributed by atoms with E-state index in [0.29, 0.717) is 5.02 Å². The summed E-state index contributed by atoms with van der Waals surface area (Å²) in [5, 5.41) is 1.69. The van der Waals surface area contributed by atoms with Crippen molar-refractivity contribution in [3.8, 4) is 0 Å². The molecule has 0 bridgehead atoms. The fourth-order valence-corrected chi connectivity index (χ4v) is 5.37. The van der Waals surface area contributed by atoms with E-state index in [2.05, 4.69) is 23.2 Å². The molecule has 3 aromatic carbocycles. The minimum atomic E-state index is -0.123. The highest BCUT2D eigenvalue weighted by atomic mass is 35.5. The van der Waals surface area contributed by atoms with Gasteiger partial charge in [-0.1, -0.05) is 83.9 Å². The molecule has 0 radical (unpaired) electrons. The summed E-state index contributed by atoms with van der Waals surface area (Å²) in [6.45, 7) is 0. The van der Waals surface area contributed by atoms with Gasteiger partial charge in [0, 0.05) is 32.8 Å². The zero-order chi connectivity index (χ0) is 22.8. The predicted octanol–water partition coefficient (Wildman–Crippen LogP) is 8.25. The van der Waals surface area contributed by atoms with Gasteiger partial charge < -0.3 is 4.98 Å². The molecule has 0 amide bonds. The van der Waals surface area contributed by atoms with E-state index >= 15 is 0 Å². The van der Waals surface area contributed by atoms with Gasteiger partial charge in [0.15, 0.2) is 0 Å². The maximum absolute atomic E-state index is 12.3. The van der Waals surface area contributed by atoms with E-state index in [0.717, 1.165) is 42.4 Å². The van der Waals surface area contributed by atoms with Crippen LogP contribution in [0.3, 0.4) is 0 Å². The summed E-state index contributed by atoms with van der Waals surface area (Å²) < 4.78 is 0.751. The van der Waals surface area contributed by atoms with E-state index in [4.69, 9.17) is 23.2 Å². The molecule has 0 fully saturated rings. The SMILES string of the molecule is O=c1cc(C=Cc2ccccc2)c2cc(C(c3ccc(Cl)cc3)c3ccc(Cl)s3)ccc2[nH]1. The number of hydrogen-bond acceptors (Lipinski definition) is 2. The Morgan fingerprint density at radius 1 is 0.788 bits per heavy atom. The normalized spacial score (nSPS) is 12.4. The molecule has 2 aromatic heterocycles. The van der Waals surface area contributed by atoms with Crippen molar-refractivity contribution in [1.29, 1.82) is 0 Å². The third-order valence-corrected chi connectivity index (χ3v) is 7.12. The van der Waals surface area contributed by atoms with Gasteiger partial charge in [0.2, 0.25) is 5.56 Å². The van der Waals surface area contributed by atoms with Crippen molar-refractivity contribution in [2.24, 2.45) is 0 Å². The maximum Gasteiger partial charge on any atom is 0.249 e. The molecule has 33 heavy (non-hydrogen) atoms. The number of nitrogens with one attached hydrogen (secondary N) is 1. The number of aromatic amines is 1. The lowest BCUT2D eigenvalue weighted by molar-refractivity contribution is 1.01. The Bertz CT molecular complexity index is 1500. The highest BCUT2D eigenvalue weighted by Crippen LogP contribution is 2.39. The van der Waals surface area contributed by atoms with Crippen molar-refractivity contribution in [3.63, 3.8) is 0 Å². The summed E-state index contributed by atoms with van der Waals surface area (Å²) >= 11 is 14.0. The third kappa shape index (κ3) is 4.81. The summed E-state index contributed by atoms with van der Waals surface area (Å²) in [4.78, 5) is 16.4. The van der Waals surface area contributed by atoms with Gasteiger partial charge in [-0.05, 0) is 58.7 Å². The first-order chi connectivity index (χ1) is 16.1. The van der Waals surface area contributed by atoms with Crippen molar-refractivity contribution in [2.45, 2.75) is 5.92 Å². The van der Waals surface area contributed by atoms with Gasteiger partial charge in [0.05, 0.1) is 4.34 Å². The third-order valence-electron chi connectivity index (χ3n) is 5.57. The molecule has 0 saturated carbocycles. The van der Waals surface area contributed by atoms with Gasteiger partial charge >= 0.3 is 0 Å². The Kier molecular flexibility index (Phi) is 6.19. The van der Waals surface area contributed by atoms with Gasteiger partial charge in [-0.15, -0.1) is 11.3 Å². The van der Waals surface area contributed by atoms with Gasteiger partial charge in [0.25, 0.3) is 0 Å². The number of benzene rings is 3. The Labute approximate surface area is 205 Å². The summed E-state index contributed by atoms with van der Waals surface area (Å²) in [7, 11) is 0. The van der Waals surface area contributed by atoms with Crippen LogP contribution in [-0.4, -0.2) is 4.98 Å². The van der Waals surface area contributed by atoms with E-state index < -0.39 is 0 Å². The Hall–Kier alpha value is -3.11. The second kappa shape index (κ2) is 9.40. The molecule has 1 N–H and O–H groups in total. The minimum absolute atomic E-state index is 0.00190. The molecule has 0 saturated heterocycles. The molecule has 5 heteroatoms. The maximum atomic E-state index is 12.3. The average molecular weight is 488 g/mol. The van der Waals surface area contributed by atoms with Crippen LogP contribution in [0.2, 0.25) is 9.36 Å². The van der Waals surface area contributed by atoms with Crippen LogP contribution >= 0.6 is 34.5 Å². The fourth-order valence-electron chi connectivity index (χ4n) is 4.02. The van der Waals surface area contributed by atoms with E-state index in [1.165, 1.54) is 0 Å². The van der Waals surface area contributed by atoms with Crippen LogP contribution in [0.1, 0.15) is 33.0 Å². The molecule has 162 valence electrons. The quantitative estimate of drug-likeness (QED) is 0.266. The molecule has 0 aliphatic rings. The molecule has 1 unspecified atom stereocenters. The lowest BCUT2D eigenvalue weighted by Crippen LogP contribution is -2.06. The van der Waals surface area contributed by atoms with Crippen LogP contribution in [0.25, 0.3) is 23.1 Å². The van der Waals surface area contributed by atoms with Crippen LogP contribution in [0.15, 0.2) is 95.8 Å². The van der Waals surface area contributed by atoms with Crippen molar-refractivity contribution >= 4 is 57.6 Å². The van der Waals surface area contributed by atoms with Crippen LogP contribution in [0.5, 0.6) is 0 Å². The Morgan fingerprint density at radius 2 is 1.55 bits per heavy atom. The molecule has 5 rings (SSSR count). The largest absolute Gasteiger partial charge is 0.322 e. The number of aromatic nitrogens is 1. The van der Waals surface area contributed by atoms with Gasteiger partial charge in [-0.3, -0.25) is 4.79 Å². The Morgan fingerprint density at radius 3 is 2.27 bits per heavy atom. The number of fused-ring (bicyclic) bond motifs is 1. The molecule has 0 spiro atoms. The van der Waals surface area contributed by atoms with E-state index in [1.54, 1.807) is 17.4 Å². The molecule has 0 aliphatic carbocycles. The van der Waals surface area contributed by atoms with Crippen molar-refractivity contribution in [2.75, 3.05) is 0 Å². The number of hydrogen-bond donors (Lipinski definition) is 1. The van der Waals surface area contributed by atoms with E-state index in [1.807, 2.05) is 78.9 Å². The topological polar surface area (TPSA) is 32.9 Å². The van der Waals surface area contributed by atoms with Gasteiger partial charge in [-0.2, -0.15) is 0 Å². The highest BCUT2D eigenvalue weighted by Gasteiger charge is 2.20. The van der Waals surface area contributed by atoms with Crippen molar-refractivity contribution in [1.82, 2.24) is 4.98 Å². The fraction of sp³-hybridized carbons (Fsp3) is 0.0357. The van der Waals surface area contributed by atoms with Gasteiger partial charge in [-0.25, -0.2) is 0 Å². The standard InChI is InChI=1S/C28H19Cl2NOS/c29-22-11-8-19(9-12-22)28(25-14-15-26(30)33-25)21-10-13-24-23(16-21)20(17-27(32)31-24)7-6-18-4-2-1-3-5-18/h1-17,28H,(H,31,32). The molecular weight excluding hydrogens is 469 g/mol. The smallest absolute Gasteiger partial charge is 0.249 e. The highest BCUT2D eigenvalue weighted by molar-refractivity contribution is 7.16. The zero-order valence-electron chi connectivity index (χ0n) is 17.5. The zero-order valence-corrected chi connectivity index (χ0v) is 19.8. The number of pyridine rings is 1. The Balaban J connectivity index is 1.66. The average Bonchev–Trinajstić information content (AvgIpc) is 3.25. The summed E-state index contributed by atoms with van der Waals surface area (Å²) in [5.74, 6) is 0.00190. The number of rotatable bonds is 5. The van der Waals surface area contributed by atoms with Crippen molar-refractivity contribution < 1.29 is 0 Å². The minimum Gasteiger partial charge on any atom is -0.322 e. The number of halogens is 2. The van der Waals surface area contributed by atoms with Crippen LogP contribution in [0, 0.1) is 0 Å². The lowest BCUT2D eigenvalue weighted by Gasteiger charge is -2.18. The molecule has 0 aliphatic heterocycles. The number of H-pyrrole nitrogens is 1. The molecular formula is C28H19Cl2NOS. The predicted molar refractivity (Wildman–Crippen MR) is 142 cm³/mol. The first-order valence-electron chi connectivity index (χ1n) is 10.5. The monoisotopic (exact) mass is 487 g/mol. The van der Waals surface area contributed by atoms with Crippen LogP contribution < -0.4 is 5.56 Å². The summed E-state index contributed by atoms with van der Waals surface area (Å²) in [6.07, 6.45) is 4.02. The van der Waals surface area contributed by atoms with E-state index in [-0.39, 0.29) is 11.5 Å². The van der Waals surface area contributed by atoms with E-state index in [9.17, 15) is 4.79 Å². The lowest BCUT2D eigenvalue weighted by atomic mass is 9.88. The first-order valence-corrected chi connectivity index (χ1v) is 12.0. The summed E-state index contributed by atoms with van der Waals surface area (Å²) in [6, 6.07) is 29.8. The number of thiophene rings is 1. The second-order valence-corrected chi connectivity index (χ2v) is 9.95. The van der Waals surface area contributed by atoms with Crippen LogP contribution in [-0.2, 0) is 0 Å².